The number of rotatable bonds is 4. The Bertz CT molecular complexity index is 151. The average molecular weight is 137 g/mol. The van der Waals surface area contributed by atoms with E-state index in [4.69, 9.17) is 10.5 Å². The lowest BCUT2D eigenvalue weighted by molar-refractivity contribution is 0.565. The molecule has 0 aromatic carbocycles. The predicted molar refractivity (Wildman–Crippen MR) is 37.9 cm³/mol. The maximum Gasteiger partial charge on any atom is 0.0638 e. The van der Waals surface area contributed by atoms with Crippen LogP contribution in [0.1, 0.15) is 19.8 Å². The van der Waals surface area contributed by atoms with Gasteiger partial charge in [-0.05, 0) is 6.92 Å². The van der Waals surface area contributed by atoms with Crippen LogP contribution in [0.5, 0.6) is 0 Å². The first kappa shape index (κ1) is 8.94. The minimum atomic E-state index is 0.207. The molecule has 0 saturated heterocycles. The number of hydrogen-bond acceptors (Lipinski definition) is 3. The number of hydrogen-bond donors (Lipinski definition) is 1. The fraction of sp³-hybridized carbons (Fsp3) is 0.714. The highest BCUT2D eigenvalue weighted by Crippen LogP contribution is 1.86. The zero-order valence-electron chi connectivity index (χ0n) is 6.09. The van der Waals surface area contributed by atoms with E-state index in [9.17, 15) is 0 Å². The molecule has 0 saturated carbocycles. The minimum Gasteiger partial charge on any atom is -0.312 e. The normalized spacial score (nSPS) is 11.5. The Hall–Kier alpha value is -1.06. The number of nitrogens with zero attached hydrogens (tertiary/aromatic N) is 2. The molecular weight excluding hydrogens is 126 g/mol. The van der Waals surface area contributed by atoms with Gasteiger partial charge in [0.2, 0.25) is 0 Å². The van der Waals surface area contributed by atoms with Gasteiger partial charge in [0.1, 0.15) is 0 Å². The van der Waals surface area contributed by atoms with Gasteiger partial charge >= 0.3 is 0 Å². The largest absolute Gasteiger partial charge is 0.312 e. The van der Waals surface area contributed by atoms with Crippen LogP contribution < -0.4 is 5.32 Å². The van der Waals surface area contributed by atoms with Crippen LogP contribution in [0.25, 0.3) is 0 Å². The molecule has 0 unspecified atom stereocenters. The van der Waals surface area contributed by atoms with Crippen molar-refractivity contribution in [2.75, 3.05) is 6.54 Å². The van der Waals surface area contributed by atoms with Crippen LogP contribution in [0.3, 0.4) is 0 Å². The second-order valence-corrected chi connectivity index (χ2v) is 2.13. The molecule has 0 aromatic heterocycles. The topological polar surface area (TPSA) is 59.6 Å². The molecule has 0 fully saturated rings. The molecule has 1 N–H and O–H groups in total. The summed E-state index contributed by atoms with van der Waals surface area (Å²) < 4.78 is 0. The van der Waals surface area contributed by atoms with Crippen molar-refractivity contribution in [1.82, 2.24) is 5.32 Å². The summed E-state index contributed by atoms with van der Waals surface area (Å²) in [6.45, 7) is 2.61. The van der Waals surface area contributed by atoms with Crippen molar-refractivity contribution in [2.45, 2.75) is 25.8 Å². The van der Waals surface area contributed by atoms with Gasteiger partial charge in [-0.25, -0.2) is 0 Å². The number of nitrogens with one attached hydrogen (secondary N) is 1. The summed E-state index contributed by atoms with van der Waals surface area (Å²) in [6.07, 6.45) is 1.02. The predicted octanol–water partition coefficient (Wildman–Crippen LogP) is 0.792. The maximum atomic E-state index is 8.24. The van der Waals surface area contributed by atoms with E-state index in [-0.39, 0.29) is 6.04 Å². The summed E-state index contributed by atoms with van der Waals surface area (Å²) in [5, 5.41) is 19.4. The molecule has 0 aliphatic carbocycles. The third-order valence-corrected chi connectivity index (χ3v) is 1.13. The number of nitriles is 2. The molecule has 1 atom stereocenters. The van der Waals surface area contributed by atoms with Crippen LogP contribution in [0.15, 0.2) is 0 Å². The molecule has 0 aliphatic rings. The molecular formula is C7H11N3. The molecule has 3 heteroatoms. The van der Waals surface area contributed by atoms with Crippen LogP contribution in [0.2, 0.25) is 0 Å². The zero-order valence-corrected chi connectivity index (χ0v) is 6.09. The van der Waals surface area contributed by atoms with Gasteiger partial charge in [0.15, 0.2) is 0 Å². The summed E-state index contributed by atoms with van der Waals surface area (Å²) in [6, 6.07) is 4.28. The third-order valence-electron chi connectivity index (χ3n) is 1.13. The first-order valence-corrected chi connectivity index (χ1v) is 3.28. The van der Waals surface area contributed by atoms with Crippen molar-refractivity contribution in [3.63, 3.8) is 0 Å². The van der Waals surface area contributed by atoms with E-state index in [1.807, 2.05) is 19.1 Å². The molecule has 0 amide bonds. The Morgan fingerprint density at radius 1 is 1.40 bits per heavy atom. The monoisotopic (exact) mass is 137 g/mol. The summed E-state index contributed by atoms with van der Waals surface area (Å²) in [5.74, 6) is 0. The van der Waals surface area contributed by atoms with Crippen molar-refractivity contribution < 1.29 is 0 Å². The highest BCUT2D eigenvalue weighted by Gasteiger charge is 1.96. The molecule has 0 rings (SSSR count). The van der Waals surface area contributed by atoms with Crippen molar-refractivity contribution in [1.29, 1.82) is 10.5 Å². The SMILES string of the molecule is C[C@H](CC#N)NCCC#N. The molecule has 0 bridgehead atoms. The van der Waals surface area contributed by atoms with E-state index in [0.29, 0.717) is 19.4 Å². The Kier molecular flexibility index (Phi) is 5.42. The van der Waals surface area contributed by atoms with Crippen molar-refractivity contribution in [3.05, 3.63) is 0 Å². The van der Waals surface area contributed by atoms with E-state index in [1.165, 1.54) is 0 Å². The quantitative estimate of drug-likeness (QED) is 0.583. The first-order valence-electron chi connectivity index (χ1n) is 3.28. The maximum absolute atomic E-state index is 8.24. The minimum absolute atomic E-state index is 0.207. The summed E-state index contributed by atoms with van der Waals surface area (Å²) in [4.78, 5) is 0. The van der Waals surface area contributed by atoms with E-state index < -0.39 is 0 Å². The second-order valence-electron chi connectivity index (χ2n) is 2.13. The molecule has 0 aliphatic heterocycles. The Morgan fingerprint density at radius 3 is 2.60 bits per heavy atom. The van der Waals surface area contributed by atoms with Gasteiger partial charge in [0.05, 0.1) is 18.6 Å². The van der Waals surface area contributed by atoms with Crippen LogP contribution in [-0.2, 0) is 0 Å². The summed E-state index contributed by atoms with van der Waals surface area (Å²) >= 11 is 0. The molecule has 0 heterocycles. The van der Waals surface area contributed by atoms with Crippen molar-refractivity contribution >= 4 is 0 Å². The third kappa shape index (κ3) is 5.08. The van der Waals surface area contributed by atoms with Gasteiger partial charge in [-0.1, -0.05) is 0 Å². The molecule has 0 aromatic rings. The highest BCUT2D eigenvalue weighted by atomic mass is 14.9. The Balaban J connectivity index is 3.16. The van der Waals surface area contributed by atoms with Crippen LogP contribution in [0.4, 0.5) is 0 Å². The van der Waals surface area contributed by atoms with Crippen LogP contribution in [0, 0.1) is 22.7 Å². The summed E-state index contributed by atoms with van der Waals surface area (Å²) in [5.41, 5.74) is 0. The molecule has 3 nitrogen and oxygen atoms in total. The Labute approximate surface area is 61.3 Å². The van der Waals surface area contributed by atoms with Gasteiger partial charge in [0, 0.05) is 19.0 Å². The zero-order chi connectivity index (χ0) is 7.82. The smallest absolute Gasteiger partial charge is 0.0638 e. The van der Waals surface area contributed by atoms with Gasteiger partial charge in [-0.2, -0.15) is 10.5 Å². The van der Waals surface area contributed by atoms with Crippen molar-refractivity contribution in [2.24, 2.45) is 0 Å². The average Bonchev–Trinajstić information content (AvgIpc) is 1.89. The standard InChI is InChI=1S/C7H11N3/c1-7(3-5-9)10-6-2-4-8/h7,10H,2-3,6H2,1H3/t7-/m1/s1. The fourth-order valence-electron chi connectivity index (χ4n) is 0.584. The Morgan fingerprint density at radius 2 is 2.10 bits per heavy atom. The van der Waals surface area contributed by atoms with Gasteiger partial charge < -0.3 is 5.32 Å². The van der Waals surface area contributed by atoms with Crippen LogP contribution >= 0.6 is 0 Å². The lowest BCUT2D eigenvalue weighted by atomic mass is 10.2. The molecule has 0 radical (unpaired) electrons. The van der Waals surface area contributed by atoms with Gasteiger partial charge in [-0.15, -0.1) is 0 Å². The van der Waals surface area contributed by atoms with Gasteiger partial charge in [0.25, 0.3) is 0 Å². The lowest BCUT2D eigenvalue weighted by Crippen LogP contribution is -2.26. The summed E-state index contributed by atoms with van der Waals surface area (Å²) in [7, 11) is 0. The van der Waals surface area contributed by atoms with E-state index in [2.05, 4.69) is 5.32 Å². The van der Waals surface area contributed by atoms with E-state index in [1.54, 1.807) is 0 Å². The fourth-order valence-corrected chi connectivity index (χ4v) is 0.584. The first-order chi connectivity index (χ1) is 4.81. The second kappa shape index (κ2) is 6.07. The van der Waals surface area contributed by atoms with Crippen molar-refractivity contribution in [3.8, 4) is 12.1 Å². The van der Waals surface area contributed by atoms with E-state index in [0.717, 1.165) is 0 Å². The van der Waals surface area contributed by atoms with Gasteiger partial charge in [-0.3, -0.25) is 0 Å². The van der Waals surface area contributed by atoms with E-state index >= 15 is 0 Å². The lowest BCUT2D eigenvalue weighted by Gasteiger charge is -2.06. The molecule has 0 spiro atoms. The molecule has 54 valence electrons. The van der Waals surface area contributed by atoms with Crippen LogP contribution in [-0.4, -0.2) is 12.6 Å². The highest BCUT2D eigenvalue weighted by molar-refractivity contribution is 4.79. The molecule has 10 heavy (non-hydrogen) atoms.